The fraction of sp³-hybridized carbons (Fsp3) is 0.500. The Morgan fingerprint density at radius 3 is 2.62 bits per heavy atom. The van der Waals surface area contributed by atoms with Crippen LogP contribution in [0.4, 0.5) is 0 Å². The van der Waals surface area contributed by atoms with Crippen molar-refractivity contribution in [3.8, 4) is 0 Å². The molecular weight excluding hydrogens is 388 g/mol. The van der Waals surface area contributed by atoms with Crippen molar-refractivity contribution < 1.29 is 13.2 Å². The zero-order valence-electron chi connectivity index (χ0n) is 14.8. The van der Waals surface area contributed by atoms with E-state index in [-0.39, 0.29) is 22.1 Å². The maximum absolute atomic E-state index is 12.3. The van der Waals surface area contributed by atoms with Crippen molar-refractivity contribution in [1.82, 2.24) is 10.0 Å². The first kappa shape index (κ1) is 19.5. The molecule has 1 amide bonds. The lowest BCUT2D eigenvalue weighted by Gasteiger charge is -2.28. The summed E-state index contributed by atoms with van der Waals surface area (Å²) in [6, 6.07) is 7.58. The molecule has 0 aliphatic heterocycles. The summed E-state index contributed by atoms with van der Waals surface area (Å²) in [5, 5.41) is 5.00. The molecule has 3 rings (SSSR count). The molecule has 0 atom stereocenters. The van der Waals surface area contributed by atoms with Crippen LogP contribution in [0.5, 0.6) is 0 Å². The predicted octanol–water partition coefficient (Wildman–Crippen LogP) is 3.28. The van der Waals surface area contributed by atoms with Crippen LogP contribution in [-0.2, 0) is 26.7 Å². The maximum atomic E-state index is 12.3. The molecule has 2 N–H and O–H groups in total. The minimum Gasteiger partial charge on any atom is -0.354 e. The van der Waals surface area contributed by atoms with Gasteiger partial charge in [0.15, 0.2) is 0 Å². The number of aryl methyl sites for hydroxylation is 1. The molecule has 26 heavy (non-hydrogen) atoms. The number of hydrogen-bond acceptors (Lipinski definition) is 5. The van der Waals surface area contributed by atoms with Gasteiger partial charge < -0.3 is 5.32 Å². The monoisotopic (exact) mass is 412 g/mol. The number of rotatable bonds is 8. The van der Waals surface area contributed by atoms with Crippen LogP contribution in [0.15, 0.2) is 33.9 Å². The van der Waals surface area contributed by atoms with Crippen LogP contribution in [0.1, 0.15) is 42.4 Å². The van der Waals surface area contributed by atoms with Crippen LogP contribution >= 0.6 is 22.7 Å². The fourth-order valence-electron chi connectivity index (χ4n) is 3.40. The van der Waals surface area contributed by atoms with Crippen molar-refractivity contribution in [1.29, 1.82) is 0 Å². The van der Waals surface area contributed by atoms with Gasteiger partial charge in [0, 0.05) is 21.7 Å². The molecule has 0 radical (unpaired) electrons. The molecule has 0 unspecified atom stereocenters. The third kappa shape index (κ3) is 4.36. The van der Waals surface area contributed by atoms with Crippen LogP contribution in [0, 0.1) is 0 Å². The maximum Gasteiger partial charge on any atom is 0.250 e. The Bertz CT molecular complexity index is 835. The highest BCUT2D eigenvalue weighted by Gasteiger charge is 2.36. The Balaban J connectivity index is 1.55. The van der Waals surface area contributed by atoms with Gasteiger partial charge in [-0.25, -0.2) is 13.1 Å². The quantitative estimate of drug-likeness (QED) is 0.699. The van der Waals surface area contributed by atoms with Gasteiger partial charge in [0.1, 0.15) is 4.21 Å². The summed E-state index contributed by atoms with van der Waals surface area (Å²) in [6.07, 6.45) is 5.26. The van der Waals surface area contributed by atoms with Crippen molar-refractivity contribution in [3.05, 3.63) is 39.4 Å². The van der Waals surface area contributed by atoms with E-state index in [0.29, 0.717) is 6.54 Å². The normalized spacial score (nSPS) is 16.7. The van der Waals surface area contributed by atoms with Gasteiger partial charge in [0.05, 0.1) is 6.54 Å². The molecule has 1 fully saturated rings. The number of carbonyl (C=O) groups is 1. The molecule has 0 spiro atoms. The number of carbonyl (C=O) groups excluding carboxylic acids is 1. The molecule has 2 aromatic heterocycles. The Kier molecular flexibility index (Phi) is 6.17. The van der Waals surface area contributed by atoms with Gasteiger partial charge in [-0.1, -0.05) is 25.8 Å². The minimum absolute atomic E-state index is 0.00643. The van der Waals surface area contributed by atoms with E-state index in [0.717, 1.165) is 24.1 Å². The highest BCUT2D eigenvalue weighted by molar-refractivity contribution is 7.91. The Labute approximate surface area is 162 Å². The van der Waals surface area contributed by atoms with E-state index < -0.39 is 10.0 Å². The number of thiophene rings is 2. The minimum atomic E-state index is -3.63. The summed E-state index contributed by atoms with van der Waals surface area (Å²) in [6.45, 7) is 2.31. The van der Waals surface area contributed by atoms with Crippen LogP contribution in [-0.4, -0.2) is 27.4 Å². The first-order valence-corrected chi connectivity index (χ1v) is 12.0. The molecule has 5 nitrogen and oxygen atoms in total. The third-order valence-electron chi connectivity index (χ3n) is 4.90. The second-order valence-electron chi connectivity index (χ2n) is 6.64. The topological polar surface area (TPSA) is 75.3 Å². The van der Waals surface area contributed by atoms with Crippen molar-refractivity contribution in [2.75, 3.05) is 13.1 Å². The van der Waals surface area contributed by atoms with Gasteiger partial charge in [-0.2, -0.15) is 0 Å². The molecule has 8 heteroatoms. The summed E-state index contributed by atoms with van der Waals surface area (Å²) >= 11 is 2.97. The number of nitrogens with one attached hydrogen (secondary N) is 2. The Hall–Kier alpha value is -1.22. The average molecular weight is 413 g/mol. The highest BCUT2D eigenvalue weighted by Crippen LogP contribution is 2.42. The van der Waals surface area contributed by atoms with E-state index in [1.165, 1.54) is 29.1 Å². The largest absolute Gasteiger partial charge is 0.354 e. The lowest BCUT2D eigenvalue weighted by Crippen LogP contribution is -2.43. The summed E-state index contributed by atoms with van der Waals surface area (Å²) in [5.41, 5.74) is 0.00643. The third-order valence-corrected chi connectivity index (χ3v) is 9.14. The van der Waals surface area contributed by atoms with Gasteiger partial charge in [0.2, 0.25) is 5.91 Å². The van der Waals surface area contributed by atoms with E-state index in [1.54, 1.807) is 17.4 Å². The number of amides is 1. The Morgan fingerprint density at radius 1 is 1.23 bits per heavy atom. The molecular formula is C18H24N2O3S3. The second kappa shape index (κ2) is 8.21. The summed E-state index contributed by atoms with van der Waals surface area (Å²) in [5.74, 6) is -0.288. The molecule has 0 saturated heterocycles. The summed E-state index contributed by atoms with van der Waals surface area (Å²) in [4.78, 5) is 14.5. The van der Waals surface area contributed by atoms with Gasteiger partial charge in [0.25, 0.3) is 10.0 Å². The molecule has 1 saturated carbocycles. The second-order valence-corrected chi connectivity index (χ2v) is 10.8. The van der Waals surface area contributed by atoms with Crippen LogP contribution in [0.2, 0.25) is 0 Å². The van der Waals surface area contributed by atoms with E-state index >= 15 is 0 Å². The first-order chi connectivity index (χ1) is 12.5. The van der Waals surface area contributed by atoms with Crippen molar-refractivity contribution in [3.63, 3.8) is 0 Å². The van der Waals surface area contributed by atoms with Gasteiger partial charge in [-0.05, 0) is 42.8 Å². The molecule has 2 aromatic rings. The first-order valence-electron chi connectivity index (χ1n) is 8.84. The molecule has 142 valence electrons. The van der Waals surface area contributed by atoms with Gasteiger partial charge in [-0.15, -0.1) is 22.7 Å². The number of hydrogen-bond donors (Lipinski definition) is 2. The highest BCUT2D eigenvalue weighted by atomic mass is 32.2. The van der Waals surface area contributed by atoms with Crippen molar-refractivity contribution >= 4 is 38.6 Å². The van der Waals surface area contributed by atoms with E-state index in [1.807, 2.05) is 19.1 Å². The Morgan fingerprint density at radius 2 is 2.00 bits per heavy atom. The molecule has 0 aromatic carbocycles. The molecule has 2 heterocycles. The average Bonchev–Trinajstić information content (AvgIpc) is 3.39. The molecule has 1 aliphatic carbocycles. The number of sulfonamides is 1. The standard InChI is InChI=1S/C18H24N2O3S3/c1-2-14-7-8-17(25-14)26(22,23)20-12-16(21)19-13-18(9-3-4-10-18)15-6-5-11-24-15/h5-8,11,20H,2-4,9-10,12-13H2,1H3,(H,19,21). The van der Waals surface area contributed by atoms with Crippen LogP contribution in [0.3, 0.4) is 0 Å². The smallest absolute Gasteiger partial charge is 0.250 e. The fourth-order valence-corrected chi connectivity index (χ4v) is 6.71. The lowest BCUT2D eigenvalue weighted by molar-refractivity contribution is -0.120. The zero-order chi connectivity index (χ0) is 18.6. The van der Waals surface area contributed by atoms with Crippen LogP contribution < -0.4 is 10.0 Å². The van der Waals surface area contributed by atoms with Crippen molar-refractivity contribution in [2.24, 2.45) is 0 Å². The molecule has 0 bridgehead atoms. The van der Waals surface area contributed by atoms with Gasteiger partial charge >= 0.3 is 0 Å². The predicted molar refractivity (Wildman–Crippen MR) is 106 cm³/mol. The lowest BCUT2D eigenvalue weighted by atomic mass is 9.84. The van der Waals surface area contributed by atoms with E-state index in [4.69, 9.17) is 0 Å². The molecule has 1 aliphatic rings. The summed E-state index contributed by atoms with van der Waals surface area (Å²) < 4.78 is 27.3. The zero-order valence-corrected chi connectivity index (χ0v) is 17.2. The SMILES string of the molecule is CCc1ccc(S(=O)(=O)NCC(=O)NCC2(c3cccs3)CCCC2)s1. The van der Waals surface area contributed by atoms with Crippen molar-refractivity contribution in [2.45, 2.75) is 48.7 Å². The summed E-state index contributed by atoms with van der Waals surface area (Å²) in [7, 11) is -3.63. The van der Waals surface area contributed by atoms with Crippen LogP contribution in [0.25, 0.3) is 0 Å². The van der Waals surface area contributed by atoms with E-state index in [2.05, 4.69) is 21.5 Å². The van der Waals surface area contributed by atoms with Gasteiger partial charge in [-0.3, -0.25) is 4.79 Å². The van der Waals surface area contributed by atoms with E-state index in [9.17, 15) is 13.2 Å².